The van der Waals surface area contributed by atoms with E-state index in [0.29, 0.717) is 25.5 Å². The third kappa shape index (κ3) is 3.45. The predicted molar refractivity (Wildman–Crippen MR) is 82.8 cm³/mol. The van der Waals surface area contributed by atoms with Crippen molar-refractivity contribution in [2.24, 2.45) is 0 Å². The second kappa shape index (κ2) is 6.51. The molecule has 2 aromatic heterocycles. The van der Waals surface area contributed by atoms with Gasteiger partial charge in [0.05, 0.1) is 0 Å². The van der Waals surface area contributed by atoms with E-state index in [1.165, 1.54) is 12.4 Å². The Morgan fingerprint density at radius 2 is 1.92 bits per heavy atom. The predicted octanol–water partition coefficient (Wildman–Crippen LogP) is 1.87. The van der Waals surface area contributed by atoms with Gasteiger partial charge in [-0.2, -0.15) is 18.4 Å². The summed E-state index contributed by atoms with van der Waals surface area (Å²) in [6.45, 7) is 3.20. The van der Waals surface area contributed by atoms with Gasteiger partial charge in [0, 0.05) is 44.3 Å². The summed E-state index contributed by atoms with van der Waals surface area (Å²) >= 11 is 0. The minimum absolute atomic E-state index is 0.0432. The van der Waals surface area contributed by atoms with Gasteiger partial charge < -0.3 is 9.80 Å². The Bertz CT molecular complexity index is 802. The van der Waals surface area contributed by atoms with Crippen molar-refractivity contribution in [3.8, 4) is 6.07 Å². The third-order valence-corrected chi connectivity index (χ3v) is 3.90. The van der Waals surface area contributed by atoms with Crippen molar-refractivity contribution in [3.63, 3.8) is 0 Å². The van der Waals surface area contributed by atoms with E-state index < -0.39 is 11.9 Å². The number of piperazine rings is 1. The largest absolute Gasteiger partial charge is 0.433 e. The number of rotatable bonds is 2. The Morgan fingerprint density at radius 3 is 2.60 bits per heavy atom. The molecule has 0 bridgehead atoms. The number of nitrogens with zero attached hydrogens (tertiary/aromatic N) is 7. The lowest BCUT2D eigenvalue weighted by Crippen LogP contribution is -2.53. The van der Waals surface area contributed by atoms with Crippen molar-refractivity contribution in [1.29, 1.82) is 5.26 Å². The van der Waals surface area contributed by atoms with Crippen LogP contribution in [0.15, 0.2) is 24.7 Å². The smallest absolute Gasteiger partial charge is 0.350 e. The van der Waals surface area contributed by atoms with Crippen LogP contribution < -0.4 is 9.80 Å². The number of halogens is 3. The molecule has 1 aliphatic heterocycles. The minimum Gasteiger partial charge on any atom is -0.350 e. The highest BCUT2D eigenvalue weighted by atomic mass is 19.4. The van der Waals surface area contributed by atoms with E-state index in [1.54, 1.807) is 4.90 Å². The minimum atomic E-state index is -4.51. The maximum atomic E-state index is 12.8. The van der Waals surface area contributed by atoms with E-state index >= 15 is 0 Å². The Kier molecular flexibility index (Phi) is 4.39. The summed E-state index contributed by atoms with van der Waals surface area (Å²) in [5.74, 6) is 0.517. The van der Waals surface area contributed by atoms with E-state index in [1.807, 2.05) is 17.9 Å². The molecule has 3 heterocycles. The molecule has 10 heteroatoms. The van der Waals surface area contributed by atoms with E-state index in [2.05, 4.69) is 19.9 Å². The molecule has 0 N–H and O–H groups in total. The second-order valence-electron chi connectivity index (χ2n) is 5.57. The second-order valence-corrected chi connectivity index (χ2v) is 5.57. The maximum Gasteiger partial charge on any atom is 0.433 e. The number of hydrogen-bond donors (Lipinski definition) is 0. The topological polar surface area (TPSA) is 81.8 Å². The zero-order valence-corrected chi connectivity index (χ0v) is 13.3. The van der Waals surface area contributed by atoms with E-state index in [-0.39, 0.29) is 17.7 Å². The van der Waals surface area contributed by atoms with Gasteiger partial charge in [0.2, 0.25) is 5.95 Å². The lowest BCUT2D eigenvalue weighted by Gasteiger charge is -2.40. The van der Waals surface area contributed by atoms with Gasteiger partial charge in [-0.3, -0.25) is 0 Å². The first kappa shape index (κ1) is 16.9. The zero-order chi connectivity index (χ0) is 18.0. The molecule has 0 aliphatic carbocycles. The summed E-state index contributed by atoms with van der Waals surface area (Å²) in [6, 6.07) is 2.69. The van der Waals surface area contributed by atoms with Crippen molar-refractivity contribution >= 4 is 11.8 Å². The van der Waals surface area contributed by atoms with Crippen LogP contribution in [0.2, 0.25) is 0 Å². The van der Waals surface area contributed by atoms with Crippen LogP contribution in [0.3, 0.4) is 0 Å². The van der Waals surface area contributed by atoms with Gasteiger partial charge in [-0.1, -0.05) is 0 Å². The highest BCUT2D eigenvalue weighted by molar-refractivity contribution is 5.51. The lowest BCUT2D eigenvalue weighted by atomic mass is 10.2. The molecule has 0 aromatic carbocycles. The highest BCUT2D eigenvalue weighted by Crippen LogP contribution is 2.29. The van der Waals surface area contributed by atoms with Gasteiger partial charge in [-0.25, -0.2) is 19.9 Å². The van der Waals surface area contributed by atoms with Gasteiger partial charge in [0.25, 0.3) is 0 Å². The molecule has 7 nitrogen and oxygen atoms in total. The van der Waals surface area contributed by atoms with Gasteiger partial charge in [-0.15, -0.1) is 0 Å². The third-order valence-electron chi connectivity index (χ3n) is 3.90. The SMILES string of the molecule is CC1CN(c2nccnc2C#N)CCN1c1nccc(C(F)(F)F)n1. The Morgan fingerprint density at radius 1 is 1.16 bits per heavy atom. The first-order valence-corrected chi connectivity index (χ1v) is 7.53. The summed E-state index contributed by atoms with van der Waals surface area (Å²) < 4.78 is 38.5. The van der Waals surface area contributed by atoms with Crippen LogP contribution in [0.5, 0.6) is 0 Å². The summed E-state index contributed by atoms with van der Waals surface area (Å²) in [5, 5.41) is 9.14. The van der Waals surface area contributed by atoms with E-state index in [4.69, 9.17) is 5.26 Å². The standard InChI is InChI=1S/C15H14F3N7/c1-10-9-24(13-11(8-19)20-4-5-21-13)6-7-25(10)14-22-3-2-12(23-14)15(16,17)18/h2-5,10H,6-7,9H2,1H3. The van der Waals surface area contributed by atoms with Crippen molar-refractivity contribution in [1.82, 2.24) is 19.9 Å². The van der Waals surface area contributed by atoms with Gasteiger partial charge in [0.1, 0.15) is 11.8 Å². The Labute approximate surface area is 141 Å². The molecule has 25 heavy (non-hydrogen) atoms. The Balaban J connectivity index is 1.80. The normalized spacial score (nSPS) is 18.1. The molecule has 1 saturated heterocycles. The summed E-state index contributed by atoms with van der Waals surface area (Å²) in [6.07, 6.45) is -0.452. The number of anilines is 2. The number of aromatic nitrogens is 4. The molecule has 3 rings (SSSR count). The molecule has 0 amide bonds. The van der Waals surface area contributed by atoms with Crippen LogP contribution in [-0.4, -0.2) is 45.6 Å². The van der Waals surface area contributed by atoms with Crippen LogP contribution in [0.1, 0.15) is 18.3 Å². The average Bonchev–Trinajstić information content (AvgIpc) is 2.61. The summed E-state index contributed by atoms with van der Waals surface area (Å²) in [5.41, 5.74) is -0.744. The summed E-state index contributed by atoms with van der Waals surface area (Å²) in [4.78, 5) is 19.4. The van der Waals surface area contributed by atoms with Crippen molar-refractivity contribution in [3.05, 3.63) is 36.0 Å². The molecule has 1 fully saturated rings. The molecule has 2 aromatic rings. The fraction of sp³-hybridized carbons (Fsp3) is 0.400. The van der Waals surface area contributed by atoms with Crippen LogP contribution >= 0.6 is 0 Å². The molecular weight excluding hydrogens is 335 g/mol. The first-order valence-electron chi connectivity index (χ1n) is 7.53. The Hall–Kier alpha value is -2.96. The van der Waals surface area contributed by atoms with Gasteiger partial charge in [0.15, 0.2) is 11.5 Å². The van der Waals surface area contributed by atoms with Gasteiger partial charge in [-0.05, 0) is 13.0 Å². The zero-order valence-electron chi connectivity index (χ0n) is 13.3. The molecular formula is C15H14F3N7. The van der Waals surface area contributed by atoms with Crippen molar-refractivity contribution < 1.29 is 13.2 Å². The number of alkyl halides is 3. The monoisotopic (exact) mass is 349 g/mol. The lowest BCUT2D eigenvalue weighted by molar-refractivity contribution is -0.141. The van der Waals surface area contributed by atoms with Crippen LogP contribution in [-0.2, 0) is 6.18 Å². The molecule has 0 saturated carbocycles. The van der Waals surface area contributed by atoms with E-state index in [9.17, 15) is 13.2 Å². The van der Waals surface area contributed by atoms with E-state index in [0.717, 1.165) is 12.3 Å². The number of hydrogen-bond acceptors (Lipinski definition) is 7. The van der Waals surface area contributed by atoms with Crippen LogP contribution in [0.4, 0.5) is 24.9 Å². The fourth-order valence-corrected chi connectivity index (χ4v) is 2.73. The molecule has 130 valence electrons. The maximum absolute atomic E-state index is 12.8. The average molecular weight is 349 g/mol. The molecule has 1 unspecified atom stereocenters. The summed E-state index contributed by atoms with van der Waals surface area (Å²) in [7, 11) is 0. The van der Waals surface area contributed by atoms with Crippen LogP contribution in [0.25, 0.3) is 0 Å². The quantitative estimate of drug-likeness (QED) is 0.818. The van der Waals surface area contributed by atoms with Crippen LogP contribution in [0, 0.1) is 11.3 Å². The molecule has 0 spiro atoms. The molecule has 1 aliphatic rings. The highest BCUT2D eigenvalue weighted by Gasteiger charge is 2.34. The van der Waals surface area contributed by atoms with Crippen molar-refractivity contribution in [2.45, 2.75) is 19.1 Å². The number of nitriles is 1. The fourth-order valence-electron chi connectivity index (χ4n) is 2.73. The molecule has 1 atom stereocenters. The first-order chi connectivity index (χ1) is 11.9. The van der Waals surface area contributed by atoms with Gasteiger partial charge >= 0.3 is 6.18 Å². The molecule has 0 radical (unpaired) electrons. The van der Waals surface area contributed by atoms with Crippen molar-refractivity contribution in [2.75, 3.05) is 29.4 Å².